The van der Waals surface area contributed by atoms with Crippen molar-refractivity contribution in [1.29, 1.82) is 0 Å². The molecule has 0 spiro atoms. The molecule has 1 amide bonds. The number of rotatable bonds is 4. The largest absolute Gasteiger partial charge is 0.474 e. The molecule has 5 heterocycles. The molecule has 9 nitrogen and oxygen atoms in total. The van der Waals surface area contributed by atoms with Crippen molar-refractivity contribution in [3.05, 3.63) is 53.7 Å². The fourth-order valence-corrected chi connectivity index (χ4v) is 6.28. The predicted molar refractivity (Wildman–Crippen MR) is 151 cm³/mol. The number of halogens is 1. The molecule has 1 aromatic carbocycles. The highest BCUT2D eigenvalue weighted by Crippen LogP contribution is 2.37. The average Bonchev–Trinajstić information content (AvgIpc) is 3.27. The second kappa shape index (κ2) is 10.1. The lowest BCUT2D eigenvalue weighted by atomic mass is 9.94. The van der Waals surface area contributed by atoms with Gasteiger partial charge in [-0.1, -0.05) is 19.3 Å². The zero-order chi connectivity index (χ0) is 27.2. The predicted octanol–water partition coefficient (Wildman–Crippen LogP) is 5.21. The van der Waals surface area contributed by atoms with Gasteiger partial charge < -0.3 is 20.3 Å². The van der Waals surface area contributed by atoms with Gasteiger partial charge in [-0.2, -0.15) is 5.10 Å². The van der Waals surface area contributed by atoms with Crippen LogP contribution in [0, 0.1) is 12.7 Å². The molecule has 2 N–H and O–H groups in total. The number of fused-ring (bicyclic) bond motifs is 3. The van der Waals surface area contributed by atoms with Crippen molar-refractivity contribution in [1.82, 2.24) is 24.6 Å². The molecule has 206 valence electrons. The van der Waals surface area contributed by atoms with Gasteiger partial charge in [-0.15, -0.1) is 0 Å². The van der Waals surface area contributed by atoms with E-state index in [1.54, 1.807) is 12.4 Å². The van der Waals surface area contributed by atoms with E-state index in [4.69, 9.17) is 4.74 Å². The Hall–Kier alpha value is -4.21. The summed E-state index contributed by atoms with van der Waals surface area (Å²) in [5, 5.41) is 12.8. The number of benzene rings is 1. The molecule has 7 rings (SSSR count). The Morgan fingerprint density at radius 1 is 1.02 bits per heavy atom. The molecule has 3 aliphatic rings. The minimum Gasteiger partial charge on any atom is -0.474 e. The average molecular weight is 542 g/mol. The van der Waals surface area contributed by atoms with Gasteiger partial charge >= 0.3 is 0 Å². The van der Waals surface area contributed by atoms with E-state index in [2.05, 4.69) is 30.6 Å². The number of nitrogens with zero attached hydrogens (tertiary/aromatic N) is 5. The number of anilines is 3. The number of aromatic nitrogens is 4. The molecular weight excluding hydrogens is 509 g/mol. The Bertz CT molecular complexity index is 1610. The van der Waals surface area contributed by atoms with Crippen LogP contribution in [0.3, 0.4) is 0 Å². The first-order valence-corrected chi connectivity index (χ1v) is 14.1. The van der Waals surface area contributed by atoms with Crippen molar-refractivity contribution in [2.24, 2.45) is 0 Å². The molecule has 10 heteroatoms. The van der Waals surface area contributed by atoms with Crippen LogP contribution in [0.5, 0.6) is 5.88 Å². The van der Waals surface area contributed by atoms with Crippen molar-refractivity contribution in [3.63, 3.8) is 0 Å². The van der Waals surface area contributed by atoms with Crippen LogP contribution in [0.1, 0.15) is 43.4 Å². The highest BCUT2D eigenvalue weighted by Gasteiger charge is 2.29. The van der Waals surface area contributed by atoms with Crippen LogP contribution in [0.4, 0.5) is 21.7 Å². The van der Waals surface area contributed by atoms with Crippen LogP contribution >= 0.6 is 0 Å². The molecule has 2 aliphatic heterocycles. The topological polar surface area (TPSA) is 97.2 Å². The third-order valence-corrected chi connectivity index (χ3v) is 8.39. The molecule has 4 aromatic rings. The molecule has 0 atom stereocenters. The van der Waals surface area contributed by atoms with Gasteiger partial charge in [0, 0.05) is 66.2 Å². The molecule has 3 aromatic heterocycles. The first-order chi connectivity index (χ1) is 19.5. The first-order valence-electron chi connectivity index (χ1n) is 14.1. The summed E-state index contributed by atoms with van der Waals surface area (Å²) in [5.41, 5.74) is 3.92. The summed E-state index contributed by atoms with van der Waals surface area (Å²) in [4.78, 5) is 24.0. The van der Waals surface area contributed by atoms with Gasteiger partial charge in [-0.25, -0.2) is 14.4 Å². The Kier molecular flexibility index (Phi) is 6.25. The molecule has 1 saturated carbocycles. The van der Waals surface area contributed by atoms with Gasteiger partial charge in [-0.05, 0) is 48.9 Å². The molecule has 1 fully saturated rings. The molecule has 40 heavy (non-hydrogen) atoms. The number of ether oxygens (including phenoxy) is 1. The van der Waals surface area contributed by atoms with E-state index in [0.29, 0.717) is 53.2 Å². The van der Waals surface area contributed by atoms with Crippen LogP contribution in [-0.4, -0.2) is 56.3 Å². The molecule has 0 saturated heterocycles. The normalized spacial score (nSPS) is 17.6. The monoisotopic (exact) mass is 541 g/mol. The van der Waals surface area contributed by atoms with Crippen LogP contribution in [0.2, 0.25) is 0 Å². The third kappa shape index (κ3) is 4.51. The molecule has 0 bridgehead atoms. The number of amides is 1. The molecule has 1 aliphatic carbocycles. The lowest BCUT2D eigenvalue weighted by Gasteiger charge is -2.33. The van der Waals surface area contributed by atoms with E-state index < -0.39 is 0 Å². The Balaban J connectivity index is 1.13. The molecular formula is C30H32FN7O2. The number of carbonyl (C=O) groups excluding carboxylic acids is 1. The standard InChI is InChI=1S/C30H32FN7O2/c1-18-24(16-34-30-29(18)32-8-10-40-30)23-11-19-13-26(33-15-20(19)12-25(23)31)35-27-14-22-7-9-37(21-5-3-2-4-6-21)28(39)17-38(22)36-27/h11-16,21,32H,2-10,17H2,1H3,(H,33,35,36). The third-order valence-electron chi connectivity index (χ3n) is 8.39. The summed E-state index contributed by atoms with van der Waals surface area (Å²) in [5.74, 6) is 1.60. The summed E-state index contributed by atoms with van der Waals surface area (Å²) < 4.78 is 22.7. The summed E-state index contributed by atoms with van der Waals surface area (Å²) in [6.07, 6.45) is 9.99. The van der Waals surface area contributed by atoms with Crippen molar-refractivity contribution in [2.45, 2.75) is 58.0 Å². The van der Waals surface area contributed by atoms with Gasteiger partial charge in [0.05, 0.1) is 0 Å². The molecule has 0 radical (unpaired) electrons. The Labute approximate surface area is 231 Å². The summed E-state index contributed by atoms with van der Waals surface area (Å²) >= 11 is 0. The number of carbonyl (C=O) groups is 1. The van der Waals surface area contributed by atoms with Crippen molar-refractivity contribution in [3.8, 4) is 17.0 Å². The maximum atomic E-state index is 15.2. The first kappa shape index (κ1) is 24.8. The number of pyridine rings is 2. The molecule has 0 unspecified atom stereocenters. The van der Waals surface area contributed by atoms with Crippen molar-refractivity contribution >= 4 is 34.0 Å². The van der Waals surface area contributed by atoms with E-state index >= 15 is 4.39 Å². The smallest absolute Gasteiger partial charge is 0.244 e. The number of hydrogen-bond acceptors (Lipinski definition) is 7. The summed E-state index contributed by atoms with van der Waals surface area (Å²) in [7, 11) is 0. The van der Waals surface area contributed by atoms with Gasteiger partial charge in [-0.3, -0.25) is 9.48 Å². The van der Waals surface area contributed by atoms with Crippen molar-refractivity contribution in [2.75, 3.05) is 30.3 Å². The fourth-order valence-electron chi connectivity index (χ4n) is 6.28. The second-order valence-electron chi connectivity index (χ2n) is 10.9. The number of hydrogen-bond donors (Lipinski definition) is 2. The zero-order valence-electron chi connectivity index (χ0n) is 22.5. The van der Waals surface area contributed by atoms with E-state index in [1.807, 2.05) is 29.8 Å². The van der Waals surface area contributed by atoms with Gasteiger partial charge in [0.15, 0.2) is 5.82 Å². The lowest BCUT2D eigenvalue weighted by Crippen LogP contribution is -2.42. The second-order valence-corrected chi connectivity index (χ2v) is 10.9. The van der Waals surface area contributed by atoms with Gasteiger partial charge in [0.1, 0.15) is 30.5 Å². The maximum Gasteiger partial charge on any atom is 0.244 e. The van der Waals surface area contributed by atoms with Crippen LogP contribution in [-0.2, 0) is 17.8 Å². The summed E-state index contributed by atoms with van der Waals surface area (Å²) in [6, 6.07) is 7.59. The number of nitrogens with one attached hydrogen (secondary N) is 2. The fraction of sp³-hybridized carbons (Fsp3) is 0.400. The van der Waals surface area contributed by atoms with E-state index in [9.17, 15) is 4.79 Å². The van der Waals surface area contributed by atoms with Crippen LogP contribution < -0.4 is 15.4 Å². The SMILES string of the molecule is Cc1c(-c2cc3cc(Nc4cc5n(n4)CC(=O)N(C4CCCCC4)CC5)ncc3cc2F)cnc2c1NCCO2. The van der Waals surface area contributed by atoms with E-state index in [-0.39, 0.29) is 18.3 Å². The van der Waals surface area contributed by atoms with Gasteiger partial charge in [0.25, 0.3) is 0 Å². The van der Waals surface area contributed by atoms with Crippen LogP contribution in [0.15, 0.2) is 36.7 Å². The van der Waals surface area contributed by atoms with E-state index in [0.717, 1.165) is 48.1 Å². The quantitative estimate of drug-likeness (QED) is 0.366. The minimum atomic E-state index is -0.332. The maximum absolute atomic E-state index is 15.2. The highest BCUT2D eigenvalue weighted by molar-refractivity contribution is 5.90. The van der Waals surface area contributed by atoms with E-state index in [1.165, 1.54) is 25.3 Å². The highest BCUT2D eigenvalue weighted by atomic mass is 19.1. The minimum absolute atomic E-state index is 0.146. The van der Waals surface area contributed by atoms with Crippen molar-refractivity contribution < 1.29 is 13.9 Å². The van der Waals surface area contributed by atoms with Gasteiger partial charge in [0.2, 0.25) is 11.8 Å². The lowest BCUT2D eigenvalue weighted by molar-refractivity contribution is -0.134. The Morgan fingerprint density at radius 3 is 2.77 bits per heavy atom. The Morgan fingerprint density at radius 2 is 1.90 bits per heavy atom. The summed E-state index contributed by atoms with van der Waals surface area (Å²) in [6.45, 7) is 4.18. The zero-order valence-corrected chi connectivity index (χ0v) is 22.5. The van der Waals surface area contributed by atoms with Crippen LogP contribution in [0.25, 0.3) is 21.9 Å².